The third kappa shape index (κ3) is 4.11. The van der Waals surface area contributed by atoms with E-state index >= 15 is 0 Å². The Labute approximate surface area is 154 Å². The predicted octanol–water partition coefficient (Wildman–Crippen LogP) is 2.36. The zero-order valence-corrected chi connectivity index (χ0v) is 15.5. The first kappa shape index (κ1) is 18.5. The van der Waals surface area contributed by atoms with Gasteiger partial charge < -0.3 is 5.32 Å². The van der Waals surface area contributed by atoms with Crippen molar-refractivity contribution in [3.8, 4) is 0 Å². The van der Waals surface area contributed by atoms with Gasteiger partial charge in [-0.15, -0.1) is 0 Å². The lowest BCUT2D eigenvalue weighted by Crippen LogP contribution is -2.43. The largest absolute Gasteiger partial charge is 0.349 e. The van der Waals surface area contributed by atoms with Crippen LogP contribution < -0.4 is 5.32 Å². The summed E-state index contributed by atoms with van der Waals surface area (Å²) in [6.07, 6.45) is 4.46. The summed E-state index contributed by atoms with van der Waals surface area (Å²) in [7, 11) is -3.48. The second-order valence-electron chi connectivity index (χ2n) is 6.50. The Morgan fingerprint density at radius 1 is 1.12 bits per heavy atom. The Bertz CT molecular complexity index is 833. The molecule has 1 aliphatic heterocycles. The van der Waals surface area contributed by atoms with Crippen LogP contribution >= 0.6 is 0 Å². The highest BCUT2D eigenvalue weighted by Crippen LogP contribution is 2.24. The first-order valence-corrected chi connectivity index (χ1v) is 10.2. The fourth-order valence-electron chi connectivity index (χ4n) is 3.17. The van der Waals surface area contributed by atoms with Gasteiger partial charge in [-0.3, -0.25) is 9.78 Å². The van der Waals surface area contributed by atoms with E-state index in [2.05, 4.69) is 10.3 Å². The standard InChI is InChI=1S/C19H23N3O3S/c1-15(16-7-11-20-12-8-16)21-19(23)17-9-13-22(14-10-17)26(24,25)18-5-3-2-4-6-18/h2-8,11-12,15,17H,9-10,13-14H2,1H3,(H,21,23). The summed E-state index contributed by atoms with van der Waals surface area (Å²) < 4.78 is 26.8. The lowest BCUT2D eigenvalue weighted by molar-refractivity contribution is -0.126. The van der Waals surface area contributed by atoms with Crippen molar-refractivity contribution in [1.82, 2.24) is 14.6 Å². The van der Waals surface area contributed by atoms with Crippen molar-refractivity contribution in [2.24, 2.45) is 5.92 Å². The van der Waals surface area contributed by atoms with Crippen molar-refractivity contribution in [3.05, 3.63) is 60.4 Å². The van der Waals surface area contributed by atoms with Crippen LogP contribution in [0.3, 0.4) is 0 Å². The van der Waals surface area contributed by atoms with Gasteiger partial charge in [-0.1, -0.05) is 18.2 Å². The number of hydrogen-bond acceptors (Lipinski definition) is 4. The lowest BCUT2D eigenvalue weighted by atomic mass is 9.96. The molecule has 1 aliphatic rings. The number of nitrogens with zero attached hydrogens (tertiary/aromatic N) is 2. The molecule has 7 heteroatoms. The highest BCUT2D eigenvalue weighted by molar-refractivity contribution is 7.89. The number of nitrogens with one attached hydrogen (secondary N) is 1. The minimum Gasteiger partial charge on any atom is -0.349 e. The van der Waals surface area contributed by atoms with E-state index in [0.29, 0.717) is 30.8 Å². The van der Waals surface area contributed by atoms with E-state index in [0.717, 1.165) is 5.56 Å². The average Bonchev–Trinajstić information content (AvgIpc) is 2.69. The van der Waals surface area contributed by atoms with Crippen LogP contribution in [0.4, 0.5) is 0 Å². The summed E-state index contributed by atoms with van der Waals surface area (Å²) in [6, 6.07) is 12.1. The number of rotatable bonds is 5. The summed E-state index contributed by atoms with van der Waals surface area (Å²) in [5.74, 6) is -0.187. The second-order valence-corrected chi connectivity index (χ2v) is 8.44. The molecule has 26 heavy (non-hydrogen) atoms. The molecule has 1 unspecified atom stereocenters. The van der Waals surface area contributed by atoms with Gasteiger partial charge in [0.1, 0.15) is 0 Å². The first-order chi connectivity index (χ1) is 12.5. The Morgan fingerprint density at radius 2 is 1.73 bits per heavy atom. The van der Waals surface area contributed by atoms with Crippen LogP contribution in [-0.2, 0) is 14.8 Å². The number of sulfonamides is 1. The summed E-state index contributed by atoms with van der Waals surface area (Å²) in [4.78, 5) is 16.8. The molecule has 1 fully saturated rings. The highest BCUT2D eigenvalue weighted by Gasteiger charge is 2.32. The van der Waals surface area contributed by atoms with Crippen LogP contribution in [0.5, 0.6) is 0 Å². The Kier molecular flexibility index (Phi) is 5.68. The van der Waals surface area contributed by atoms with Crippen molar-refractivity contribution in [3.63, 3.8) is 0 Å². The third-order valence-corrected chi connectivity index (χ3v) is 6.68. The number of pyridine rings is 1. The number of carbonyl (C=O) groups is 1. The first-order valence-electron chi connectivity index (χ1n) is 8.74. The SMILES string of the molecule is CC(NC(=O)C1CCN(S(=O)(=O)c2ccccc2)CC1)c1ccncc1. The minimum absolute atomic E-state index is 0.0222. The van der Waals surface area contributed by atoms with Crippen LogP contribution in [0.15, 0.2) is 59.8 Å². The number of benzene rings is 1. The topological polar surface area (TPSA) is 79.4 Å². The zero-order valence-electron chi connectivity index (χ0n) is 14.7. The molecular weight excluding hydrogens is 350 g/mol. The monoisotopic (exact) mass is 373 g/mol. The summed E-state index contributed by atoms with van der Waals surface area (Å²) in [5.41, 5.74) is 0.998. The maximum Gasteiger partial charge on any atom is 0.243 e. The molecule has 138 valence electrons. The van der Waals surface area contributed by atoms with Gasteiger partial charge in [-0.25, -0.2) is 8.42 Å². The van der Waals surface area contributed by atoms with Gasteiger partial charge in [0.2, 0.25) is 15.9 Å². The fourth-order valence-corrected chi connectivity index (χ4v) is 4.66. The highest BCUT2D eigenvalue weighted by atomic mass is 32.2. The van der Waals surface area contributed by atoms with Crippen LogP contribution in [0, 0.1) is 5.92 Å². The van der Waals surface area contributed by atoms with Crippen LogP contribution in [0.1, 0.15) is 31.4 Å². The molecule has 1 atom stereocenters. The molecule has 0 aliphatic carbocycles. The molecule has 0 spiro atoms. The quantitative estimate of drug-likeness (QED) is 0.873. The Morgan fingerprint density at radius 3 is 2.35 bits per heavy atom. The number of hydrogen-bond donors (Lipinski definition) is 1. The molecule has 1 amide bonds. The molecule has 1 aromatic carbocycles. The number of carbonyl (C=O) groups excluding carboxylic acids is 1. The number of aromatic nitrogens is 1. The van der Waals surface area contributed by atoms with Gasteiger partial charge >= 0.3 is 0 Å². The normalized spacial score (nSPS) is 17.6. The molecule has 1 N–H and O–H groups in total. The molecule has 2 aromatic rings. The fraction of sp³-hybridized carbons (Fsp3) is 0.368. The predicted molar refractivity (Wildman–Crippen MR) is 98.7 cm³/mol. The van der Waals surface area contributed by atoms with Crippen LogP contribution in [0.25, 0.3) is 0 Å². The van der Waals surface area contributed by atoms with E-state index in [4.69, 9.17) is 0 Å². The van der Waals surface area contributed by atoms with E-state index in [1.165, 1.54) is 4.31 Å². The smallest absolute Gasteiger partial charge is 0.243 e. The lowest BCUT2D eigenvalue weighted by Gasteiger charge is -2.31. The van der Waals surface area contributed by atoms with Crippen molar-refractivity contribution < 1.29 is 13.2 Å². The molecule has 0 radical (unpaired) electrons. The maximum absolute atomic E-state index is 12.6. The number of piperidine rings is 1. The van der Waals surface area contributed by atoms with Gasteiger partial charge in [-0.2, -0.15) is 4.31 Å². The van der Waals surface area contributed by atoms with Crippen molar-refractivity contribution >= 4 is 15.9 Å². The van der Waals surface area contributed by atoms with Crippen LogP contribution in [-0.4, -0.2) is 36.7 Å². The van der Waals surface area contributed by atoms with E-state index in [-0.39, 0.29) is 17.9 Å². The van der Waals surface area contributed by atoms with Gasteiger partial charge in [-0.05, 0) is 49.6 Å². The zero-order chi connectivity index (χ0) is 18.6. The summed E-state index contributed by atoms with van der Waals surface area (Å²) in [5, 5.41) is 3.02. The molecule has 2 heterocycles. The second kappa shape index (κ2) is 7.97. The molecule has 3 rings (SSSR count). The molecule has 0 bridgehead atoms. The van der Waals surface area contributed by atoms with Crippen molar-refractivity contribution in [2.75, 3.05) is 13.1 Å². The average molecular weight is 373 g/mol. The van der Waals surface area contributed by atoms with Crippen molar-refractivity contribution in [1.29, 1.82) is 0 Å². The number of amides is 1. The Hall–Kier alpha value is -2.25. The Balaban J connectivity index is 1.57. The van der Waals surface area contributed by atoms with Crippen molar-refractivity contribution in [2.45, 2.75) is 30.7 Å². The molecule has 6 nitrogen and oxygen atoms in total. The molecule has 1 aromatic heterocycles. The van der Waals surface area contributed by atoms with E-state index in [1.54, 1.807) is 42.7 Å². The van der Waals surface area contributed by atoms with Gasteiger partial charge in [0.25, 0.3) is 0 Å². The minimum atomic E-state index is -3.48. The third-order valence-electron chi connectivity index (χ3n) is 4.77. The summed E-state index contributed by atoms with van der Waals surface area (Å²) >= 11 is 0. The van der Waals surface area contributed by atoms with Crippen LogP contribution in [0.2, 0.25) is 0 Å². The van der Waals surface area contributed by atoms with E-state index in [9.17, 15) is 13.2 Å². The summed E-state index contributed by atoms with van der Waals surface area (Å²) in [6.45, 7) is 2.65. The molecular formula is C19H23N3O3S. The van der Waals surface area contributed by atoms with Gasteiger partial charge in [0.05, 0.1) is 10.9 Å². The maximum atomic E-state index is 12.6. The van der Waals surface area contributed by atoms with E-state index in [1.807, 2.05) is 19.1 Å². The van der Waals surface area contributed by atoms with Gasteiger partial charge in [0.15, 0.2) is 0 Å². The molecule has 1 saturated heterocycles. The van der Waals surface area contributed by atoms with E-state index < -0.39 is 10.0 Å². The molecule has 0 saturated carbocycles. The van der Waals surface area contributed by atoms with Gasteiger partial charge in [0, 0.05) is 31.4 Å².